The Balaban J connectivity index is 1.19. The average molecular weight is 591 g/mol. The predicted molar refractivity (Wildman–Crippen MR) is 193 cm³/mol. The van der Waals surface area contributed by atoms with Crippen LogP contribution in [-0.4, -0.2) is 4.57 Å². The molecule has 1 aromatic heterocycles. The third-order valence-electron chi connectivity index (χ3n) is 11.2. The standard InChI is InChI=1S/C44H34N2/c1-26-30-14-10-15-34-40(30)46-41-33(26)24-28(25-37(41)44(4,5)36-17-11-16-35(42(36)46)43(34,2)3)27-20-22-29(23-21-27)45-38-18-8-6-12-31(38)32-13-7-9-19-39(32)45/h6-25H,1H2,2-5H3. The van der Waals surface area contributed by atoms with Gasteiger partial charge in [0.05, 0.1) is 28.1 Å². The van der Waals surface area contributed by atoms with Gasteiger partial charge in [0.1, 0.15) is 0 Å². The van der Waals surface area contributed by atoms with Crippen molar-refractivity contribution in [2.75, 3.05) is 4.90 Å². The van der Waals surface area contributed by atoms with Crippen LogP contribution in [0.2, 0.25) is 0 Å². The lowest BCUT2D eigenvalue weighted by molar-refractivity contribution is 0.596. The van der Waals surface area contributed by atoms with E-state index in [1.54, 1.807) is 0 Å². The van der Waals surface area contributed by atoms with Crippen LogP contribution in [0.4, 0.5) is 17.1 Å². The number of hydrogen-bond acceptors (Lipinski definition) is 1. The molecule has 4 heterocycles. The molecule has 0 saturated heterocycles. The lowest BCUT2D eigenvalue weighted by Crippen LogP contribution is -2.40. The van der Waals surface area contributed by atoms with Gasteiger partial charge in [-0.1, -0.05) is 119 Å². The van der Waals surface area contributed by atoms with Gasteiger partial charge in [0, 0.05) is 38.4 Å². The van der Waals surface area contributed by atoms with Gasteiger partial charge in [0.2, 0.25) is 0 Å². The van der Waals surface area contributed by atoms with Crippen molar-refractivity contribution in [1.82, 2.24) is 4.57 Å². The zero-order valence-electron chi connectivity index (χ0n) is 26.6. The maximum absolute atomic E-state index is 4.75. The van der Waals surface area contributed by atoms with Crippen molar-refractivity contribution >= 4 is 44.4 Å². The van der Waals surface area contributed by atoms with Crippen LogP contribution in [0.3, 0.4) is 0 Å². The normalized spacial score (nSPS) is 16.2. The highest BCUT2D eigenvalue weighted by Gasteiger charge is 2.48. The van der Waals surface area contributed by atoms with E-state index in [-0.39, 0.29) is 10.8 Å². The number of anilines is 3. The van der Waals surface area contributed by atoms with Crippen molar-refractivity contribution in [3.8, 4) is 16.8 Å². The first kappa shape index (κ1) is 25.9. The molecule has 0 amide bonds. The SMILES string of the molecule is C=C1c2cccc3c2N2c4c1cc(-c1ccc(-n5c6ccccc6c6ccccc65)cc1)cc4C(C)(C)c1cccc(c12)C3(C)C. The monoisotopic (exact) mass is 590 g/mol. The van der Waals surface area contributed by atoms with E-state index in [1.807, 2.05) is 0 Å². The molecular weight excluding hydrogens is 556 g/mol. The molecule has 0 N–H and O–H groups in total. The van der Waals surface area contributed by atoms with Crippen molar-refractivity contribution in [3.63, 3.8) is 0 Å². The second kappa shape index (κ2) is 8.47. The Bertz CT molecular complexity index is 2430. The maximum Gasteiger partial charge on any atom is 0.0581 e. The van der Waals surface area contributed by atoms with Crippen molar-refractivity contribution in [2.24, 2.45) is 0 Å². The topological polar surface area (TPSA) is 8.17 Å². The Labute approximate surface area is 269 Å². The lowest BCUT2D eigenvalue weighted by atomic mass is 9.63. The van der Waals surface area contributed by atoms with Gasteiger partial charge in [0.15, 0.2) is 0 Å². The van der Waals surface area contributed by atoms with Crippen LogP contribution >= 0.6 is 0 Å². The van der Waals surface area contributed by atoms with Crippen LogP contribution in [0.25, 0.3) is 44.2 Å². The first-order chi connectivity index (χ1) is 22.3. The van der Waals surface area contributed by atoms with Gasteiger partial charge in [-0.15, -0.1) is 0 Å². The summed E-state index contributed by atoms with van der Waals surface area (Å²) in [5, 5.41) is 2.56. The van der Waals surface area contributed by atoms with E-state index in [1.165, 1.54) is 89.1 Å². The Morgan fingerprint density at radius 2 is 1.02 bits per heavy atom. The van der Waals surface area contributed by atoms with E-state index in [4.69, 9.17) is 6.58 Å². The molecule has 3 aliphatic heterocycles. The number of fused-ring (bicyclic) bond motifs is 3. The number of benzene rings is 6. The lowest BCUT2D eigenvalue weighted by Gasteiger charge is -2.52. The summed E-state index contributed by atoms with van der Waals surface area (Å²) in [6.45, 7) is 14.3. The molecule has 0 spiro atoms. The molecule has 10 rings (SSSR count). The Morgan fingerprint density at radius 3 is 1.67 bits per heavy atom. The van der Waals surface area contributed by atoms with E-state index >= 15 is 0 Å². The number of rotatable bonds is 2. The molecule has 2 nitrogen and oxygen atoms in total. The highest BCUT2D eigenvalue weighted by Crippen LogP contribution is 2.65. The van der Waals surface area contributed by atoms with Gasteiger partial charge in [-0.05, 0) is 75.4 Å². The van der Waals surface area contributed by atoms with Gasteiger partial charge in [-0.2, -0.15) is 0 Å². The highest BCUT2D eigenvalue weighted by atomic mass is 15.2. The minimum atomic E-state index is -0.176. The van der Waals surface area contributed by atoms with Crippen LogP contribution in [0, 0.1) is 0 Å². The van der Waals surface area contributed by atoms with Crippen molar-refractivity contribution in [2.45, 2.75) is 38.5 Å². The number of nitrogens with zero attached hydrogens (tertiary/aromatic N) is 2. The molecule has 0 aliphatic carbocycles. The Morgan fingerprint density at radius 1 is 0.478 bits per heavy atom. The molecule has 0 saturated carbocycles. The molecule has 46 heavy (non-hydrogen) atoms. The molecule has 0 fully saturated rings. The predicted octanol–water partition coefficient (Wildman–Crippen LogP) is 11.6. The zero-order valence-corrected chi connectivity index (χ0v) is 26.6. The van der Waals surface area contributed by atoms with Crippen molar-refractivity contribution < 1.29 is 0 Å². The largest absolute Gasteiger partial charge is 0.309 e. The first-order valence-corrected chi connectivity index (χ1v) is 16.3. The molecule has 7 aromatic rings. The summed E-state index contributed by atoms with van der Waals surface area (Å²) in [6, 6.07) is 45.1. The van der Waals surface area contributed by atoms with Crippen molar-refractivity contribution in [1.29, 1.82) is 0 Å². The van der Waals surface area contributed by atoms with Gasteiger partial charge in [-0.25, -0.2) is 0 Å². The molecular formula is C44H34N2. The van der Waals surface area contributed by atoms with Crippen molar-refractivity contribution in [3.05, 3.63) is 161 Å². The van der Waals surface area contributed by atoms with Gasteiger partial charge < -0.3 is 9.47 Å². The van der Waals surface area contributed by atoms with Crippen LogP contribution in [0.15, 0.2) is 128 Å². The molecule has 2 heteroatoms. The van der Waals surface area contributed by atoms with Gasteiger partial charge in [0.25, 0.3) is 0 Å². The molecule has 0 radical (unpaired) electrons. The van der Waals surface area contributed by atoms with E-state index in [0.717, 1.165) is 5.57 Å². The third kappa shape index (κ3) is 3.02. The minimum Gasteiger partial charge on any atom is -0.309 e. The maximum atomic E-state index is 4.75. The second-order valence-electron chi connectivity index (χ2n) is 14.3. The fraction of sp³-hybridized carbons (Fsp3) is 0.136. The first-order valence-electron chi connectivity index (χ1n) is 16.3. The summed E-state index contributed by atoms with van der Waals surface area (Å²) in [6.07, 6.45) is 0. The van der Waals surface area contributed by atoms with Crippen LogP contribution in [0.1, 0.15) is 61.1 Å². The molecule has 0 bridgehead atoms. The Hall–Kier alpha value is -5.34. The van der Waals surface area contributed by atoms with E-state index < -0.39 is 0 Å². The molecule has 0 atom stereocenters. The summed E-state index contributed by atoms with van der Waals surface area (Å²) in [4.78, 5) is 2.58. The van der Waals surface area contributed by atoms with E-state index in [0.29, 0.717) is 0 Å². The molecule has 6 aromatic carbocycles. The summed E-state index contributed by atoms with van der Waals surface area (Å²) in [5.74, 6) is 0. The van der Waals surface area contributed by atoms with E-state index in [9.17, 15) is 0 Å². The van der Waals surface area contributed by atoms with Crippen LogP contribution < -0.4 is 4.90 Å². The third-order valence-corrected chi connectivity index (χ3v) is 11.2. The summed E-state index contributed by atoms with van der Waals surface area (Å²) >= 11 is 0. The number of hydrogen-bond donors (Lipinski definition) is 0. The Kier molecular flexibility index (Phi) is 4.77. The molecule has 220 valence electrons. The highest BCUT2D eigenvalue weighted by molar-refractivity contribution is 6.10. The smallest absolute Gasteiger partial charge is 0.0581 e. The summed E-state index contributed by atoms with van der Waals surface area (Å²) < 4.78 is 2.39. The van der Waals surface area contributed by atoms with E-state index in [2.05, 4.69) is 158 Å². The summed E-state index contributed by atoms with van der Waals surface area (Å²) in [7, 11) is 0. The fourth-order valence-corrected chi connectivity index (χ4v) is 8.85. The summed E-state index contributed by atoms with van der Waals surface area (Å²) in [5.41, 5.74) is 18.9. The molecule has 0 unspecified atom stereocenters. The number of para-hydroxylation sites is 4. The number of aromatic nitrogens is 1. The fourth-order valence-electron chi connectivity index (χ4n) is 8.85. The van der Waals surface area contributed by atoms with Crippen LogP contribution in [-0.2, 0) is 10.8 Å². The van der Waals surface area contributed by atoms with Gasteiger partial charge >= 0.3 is 0 Å². The quantitative estimate of drug-likeness (QED) is 0.194. The minimum absolute atomic E-state index is 0.101. The zero-order chi connectivity index (χ0) is 31.1. The molecule has 3 aliphatic rings. The average Bonchev–Trinajstić information content (AvgIpc) is 3.41. The van der Waals surface area contributed by atoms with Gasteiger partial charge in [-0.3, -0.25) is 0 Å². The second-order valence-corrected chi connectivity index (χ2v) is 14.3. The van der Waals surface area contributed by atoms with Crippen LogP contribution in [0.5, 0.6) is 0 Å².